The molecule has 1 aromatic heterocycles. The molecule has 1 aromatic carbocycles. The summed E-state index contributed by atoms with van der Waals surface area (Å²) in [6, 6.07) is 5.98. The fourth-order valence-electron chi connectivity index (χ4n) is 3.04. The van der Waals surface area contributed by atoms with Crippen LogP contribution >= 0.6 is 0 Å². The molecule has 23 heavy (non-hydrogen) atoms. The third-order valence-electron chi connectivity index (χ3n) is 4.60. The fourth-order valence-corrected chi connectivity index (χ4v) is 3.04. The fraction of sp³-hybridized carbons (Fsp3) is 0.412. The number of hydrogen-bond donors (Lipinski definition) is 0. The van der Waals surface area contributed by atoms with Gasteiger partial charge in [-0.05, 0) is 37.1 Å². The summed E-state index contributed by atoms with van der Waals surface area (Å²) in [7, 11) is 0. The second-order valence-corrected chi connectivity index (χ2v) is 6.42. The molecular formula is C17H18FN3O2. The van der Waals surface area contributed by atoms with Gasteiger partial charge in [-0.25, -0.2) is 9.37 Å². The van der Waals surface area contributed by atoms with Gasteiger partial charge in [0.1, 0.15) is 17.7 Å². The van der Waals surface area contributed by atoms with Crippen molar-refractivity contribution < 1.29 is 13.9 Å². The number of likely N-dealkylation sites (tertiary alicyclic amines) is 1. The van der Waals surface area contributed by atoms with E-state index in [1.807, 2.05) is 15.7 Å². The van der Waals surface area contributed by atoms with Gasteiger partial charge in [0.05, 0.1) is 24.8 Å². The lowest BCUT2D eigenvalue weighted by Crippen LogP contribution is -2.58. The van der Waals surface area contributed by atoms with Crippen molar-refractivity contribution in [2.75, 3.05) is 13.1 Å². The van der Waals surface area contributed by atoms with Crippen molar-refractivity contribution in [3.05, 3.63) is 48.8 Å². The van der Waals surface area contributed by atoms with Crippen LogP contribution in [-0.4, -0.2) is 39.6 Å². The van der Waals surface area contributed by atoms with E-state index in [1.54, 1.807) is 24.7 Å². The van der Waals surface area contributed by atoms with Crippen LogP contribution < -0.4 is 4.74 Å². The summed E-state index contributed by atoms with van der Waals surface area (Å²) in [6.07, 6.45) is 7.24. The predicted octanol–water partition coefficient (Wildman–Crippen LogP) is 2.09. The van der Waals surface area contributed by atoms with E-state index in [0.717, 1.165) is 12.8 Å². The number of aromatic nitrogens is 2. The zero-order valence-corrected chi connectivity index (χ0v) is 12.7. The minimum atomic E-state index is -0.280. The molecule has 0 unspecified atom stereocenters. The molecule has 0 N–H and O–H groups in total. The Hall–Kier alpha value is -2.37. The standard InChI is InChI=1S/C17H18FN3O2/c18-13-1-3-14(4-2-13)23-15-9-21(10-15)16(22)17(5-6-17)11-20-8-7-19-12-20/h1-4,7-8,12,15H,5-6,9-11H2. The second-order valence-electron chi connectivity index (χ2n) is 6.42. The highest BCUT2D eigenvalue weighted by Gasteiger charge is 2.53. The first-order valence-corrected chi connectivity index (χ1v) is 7.82. The van der Waals surface area contributed by atoms with Crippen molar-refractivity contribution in [3.63, 3.8) is 0 Å². The molecule has 0 radical (unpaired) electrons. The van der Waals surface area contributed by atoms with Gasteiger partial charge < -0.3 is 14.2 Å². The number of hydrogen-bond acceptors (Lipinski definition) is 3. The Balaban J connectivity index is 1.31. The van der Waals surface area contributed by atoms with Crippen LogP contribution in [0, 0.1) is 11.2 Å². The molecule has 1 saturated heterocycles. The Morgan fingerprint density at radius 3 is 2.65 bits per heavy atom. The highest BCUT2D eigenvalue weighted by Crippen LogP contribution is 2.49. The zero-order valence-electron chi connectivity index (χ0n) is 12.7. The Bertz CT molecular complexity index is 689. The zero-order chi connectivity index (χ0) is 15.9. The van der Waals surface area contributed by atoms with E-state index in [1.165, 1.54) is 12.1 Å². The highest BCUT2D eigenvalue weighted by atomic mass is 19.1. The van der Waals surface area contributed by atoms with Crippen molar-refractivity contribution >= 4 is 5.91 Å². The average molecular weight is 315 g/mol. The van der Waals surface area contributed by atoms with E-state index in [0.29, 0.717) is 25.4 Å². The van der Waals surface area contributed by atoms with E-state index < -0.39 is 0 Å². The van der Waals surface area contributed by atoms with Crippen LogP contribution in [-0.2, 0) is 11.3 Å². The lowest BCUT2D eigenvalue weighted by molar-refractivity contribution is -0.146. The van der Waals surface area contributed by atoms with E-state index in [2.05, 4.69) is 4.98 Å². The van der Waals surface area contributed by atoms with Crippen LogP contribution in [0.1, 0.15) is 12.8 Å². The Morgan fingerprint density at radius 2 is 2.04 bits per heavy atom. The molecular weight excluding hydrogens is 297 g/mol. The second kappa shape index (κ2) is 5.37. The number of amides is 1. The van der Waals surface area contributed by atoms with Crippen LogP contribution in [0.4, 0.5) is 4.39 Å². The van der Waals surface area contributed by atoms with Gasteiger partial charge >= 0.3 is 0 Å². The van der Waals surface area contributed by atoms with E-state index in [4.69, 9.17) is 4.74 Å². The van der Waals surface area contributed by atoms with Gasteiger partial charge in [0.25, 0.3) is 0 Å². The van der Waals surface area contributed by atoms with Crippen LogP contribution in [0.25, 0.3) is 0 Å². The lowest BCUT2D eigenvalue weighted by Gasteiger charge is -2.41. The number of nitrogens with zero attached hydrogens (tertiary/aromatic N) is 3. The number of carbonyl (C=O) groups is 1. The third kappa shape index (κ3) is 2.81. The maximum Gasteiger partial charge on any atom is 0.230 e. The number of benzene rings is 1. The summed E-state index contributed by atoms with van der Waals surface area (Å²) in [5.74, 6) is 0.575. The van der Waals surface area contributed by atoms with Crippen molar-refractivity contribution in [1.29, 1.82) is 0 Å². The molecule has 1 amide bonds. The number of halogens is 1. The Morgan fingerprint density at radius 1 is 1.30 bits per heavy atom. The molecule has 0 bridgehead atoms. The quantitative estimate of drug-likeness (QED) is 0.849. The number of carbonyl (C=O) groups excluding carboxylic acids is 1. The summed E-state index contributed by atoms with van der Waals surface area (Å²) in [4.78, 5) is 18.6. The molecule has 4 rings (SSSR count). The van der Waals surface area contributed by atoms with Crippen LogP contribution in [0.2, 0.25) is 0 Å². The van der Waals surface area contributed by atoms with Gasteiger partial charge in [0.2, 0.25) is 5.91 Å². The molecule has 2 aliphatic rings. The summed E-state index contributed by atoms with van der Waals surface area (Å²) in [5.41, 5.74) is -0.248. The average Bonchev–Trinajstić information content (AvgIpc) is 3.10. The lowest BCUT2D eigenvalue weighted by atomic mass is 10.0. The van der Waals surface area contributed by atoms with Gasteiger partial charge in [-0.2, -0.15) is 0 Å². The first-order valence-electron chi connectivity index (χ1n) is 7.82. The molecule has 120 valence electrons. The highest BCUT2D eigenvalue weighted by molar-refractivity contribution is 5.86. The molecule has 1 saturated carbocycles. The van der Waals surface area contributed by atoms with Gasteiger partial charge in [0, 0.05) is 18.9 Å². The van der Waals surface area contributed by atoms with Gasteiger partial charge in [0.15, 0.2) is 0 Å². The van der Waals surface area contributed by atoms with Gasteiger partial charge in [-0.3, -0.25) is 4.79 Å². The minimum Gasteiger partial charge on any atom is -0.487 e. The van der Waals surface area contributed by atoms with Gasteiger partial charge in [-0.15, -0.1) is 0 Å². The van der Waals surface area contributed by atoms with E-state index in [9.17, 15) is 9.18 Å². The molecule has 2 heterocycles. The number of rotatable bonds is 5. The van der Waals surface area contributed by atoms with E-state index in [-0.39, 0.29) is 23.2 Å². The van der Waals surface area contributed by atoms with Gasteiger partial charge in [-0.1, -0.05) is 0 Å². The van der Waals surface area contributed by atoms with Crippen molar-refractivity contribution in [2.24, 2.45) is 5.41 Å². The number of imidazole rings is 1. The molecule has 0 atom stereocenters. The molecule has 2 fully saturated rings. The molecule has 6 heteroatoms. The van der Waals surface area contributed by atoms with Crippen molar-refractivity contribution in [3.8, 4) is 5.75 Å². The van der Waals surface area contributed by atoms with Crippen LogP contribution in [0.5, 0.6) is 5.75 Å². The Kier molecular flexibility index (Phi) is 3.32. The summed E-state index contributed by atoms with van der Waals surface area (Å²) in [6.45, 7) is 1.90. The third-order valence-corrected chi connectivity index (χ3v) is 4.60. The maximum absolute atomic E-state index is 12.9. The summed E-state index contributed by atoms with van der Waals surface area (Å²) in [5, 5.41) is 0. The van der Waals surface area contributed by atoms with Crippen LogP contribution in [0.3, 0.4) is 0 Å². The normalized spacial score (nSPS) is 19.3. The van der Waals surface area contributed by atoms with Crippen molar-refractivity contribution in [2.45, 2.75) is 25.5 Å². The number of ether oxygens (including phenoxy) is 1. The molecule has 5 nitrogen and oxygen atoms in total. The predicted molar refractivity (Wildman–Crippen MR) is 81.3 cm³/mol. The monoisotopic (exact) mass is 315 g/mol. The van der Waals surface area contributed by atoms with Crippen molar-refractivity contribution in [1.82, 2.24) is 14.5 Å². The summed E-state index contributed by atoms with van der Waals surface area (Å²) >= 11 is 0. The Labute approximate surface area is 133 Å². The first-order chi connectivity index (χ1) is 11.1. The molecule has 1 aliphatic heterocycles. The first kappa shape index (κ1) is 14.2. The smallest absolute Gasteiger partial charge is 0.230 e. The van der Waals surface area contributed by atoms with Crippen LogP contribution in [0.15, 0.2) is 43.0 Å². The topological polar surface area (TPSA) is 47.4 Å². The van der Waals surface area contributed by atoms with E-state index >= 15 is 0 Å². The molecule has 0 spiro atoms. The largest absolute Gasteiger partial charge is 0.487 e. The summed E-state index contributed by atoms with van der Waals surface area (Å²) < 4.78 is 20.6. The maximum atomic E-state index is 12.9. The molecule has 2 aromatic rings. The minimum absolute atomic E-state index is 0.00606. The SMILES string of the molecule is O=C(N1CC(Oc2ccc(F)cc2)C1)C1(Cn2ccnc2)CC1. The molecule has 1 aliphatic carbocycles.